The maximum absolute atomic E-state index is 11.9. The molecule has 1 aromatic rings. The first-order valence-corrected chi connectivity index (χ1v) is 7.11. The smallest absolute Gasteiger partial charge is 0.341 e. The van der Waals surface area contributed by atoms with Crippen LogP contribution in [0.2, 0.25) is 0 Å². The third kappa shape index (κ3) is 3.42. The van der Waals surface area contributed by atoms with Gasteiger partial charge >= 0.3 is 5.97 Å². The zero-order chi connectivity index (χ0) is 14.8. The standard InChI is InChI=1S/C11H16N2O5S/c1-8-4-5-13(10(14)9(8)11(15)16)6-7-19(17,18)12(2)3/h4-5H,6-7H2,1-3H3,(H,15,16). The molecule has 0 aliphatic heterocycles. The number of hydrogen-bond donors (Lipinski definition) is 1. The molecule has 0 saturated carbocycles. The largest absolute Gasteiger partial charge is 0.477 e. The molecule has 106 valence electrons. The molecule has 0 unspecified atom stereocenters. The zero-order valence-corrected chi connectivity index (χ0v) is 11.8. The Bertz CT molecular complexity index is 646. The fraction of sp³-hybridized carbons (Fsp3) is 0.455. The number of carbonyl (C=O) groups is 1. The van der Waals surface area contributed by atoms with Crippen LogP contribution in [0.3, 0.4) is 0 Å². The first-order chi connectivity index (χ1) is 8.66. The van der Waals surface area contributed by atoms with Crippen LogP contribution in [0.1, 0.15) is 15.9 Å². The average Bonchev–Trinajstić information content (AvgIpc) is 2.27. The summed E-state index contributed by atoms with van der Waals surface area (Å²) in [6, 6.07) is 1.48. The first kappa shape index (κ1) is 15.4. The molecule has 1 aromatic heterocycles. The molecule has 0 radical (unpaired) electrons. The number of carboxylic acids is 1. The topological polar surface area (TPSA) is 96.7 Å². The highest BCUT2D eigenvalue weighted by Crippen LogP contribution is 2.03. The van der Waals surface area contributed by atoms with Crippen molar-refractivity contribution in [2.24, 2.45) is 0 Å². The molecule has 0 aliphatic carbocycles. The molecule has 0 amide bonds. The van der Waals surface area contributed by atoms with Crippen molar-refractivity contribution in [2.75, 3.05) is 19.8 Å². The fourth-order valence-electron chi connectivity index (χ4n) is 1.50. The Morgan fingerprint density at radius 1 is 1.42 bits per heavy atom. The summed E-state index contributed by atoms with van der Waals surface area (Å²) in [4.78, 5) is 22.9. The van der Waals surface area contributed by atoms with E-state index in [1.54, 1.807) is 0 Å². The average molecular weight is 288 g/mol. The van der Waals surface area contributed by atoms with Crippen molar-refractivity contribution in [3.8, 4) is 0 Å². The third-order valence-electron chi connectivity index (χ3n) is 2.73. The molecule has 8 heteroatoms. The molecular weight excluding hydrogens is 272 g/mol. The molecule has 0 spiro atoms. The number of pyridine rings is 1. The number of aromatic nitrogens is 1. The second-order valence-corrected chi connectivity index (χ2v) is 6.58. The van der Waals surface area contributed by atoms with Crippen molar-refractivity contribution in [1.82, 2.24) is 8.87 Å². The van der Waals surface area contributed by atoms with Gasteiger partial charge in [0, 0.05) is 26.8 Å². The van der Waals surface area contributed by atoms with Crippen LogP contribution in [0.25, 0.3) is 0 Å². The minimum absolute atomic E-state index is 0.0834. The maximum atomic E-state index is 11.9. The Hall–Kier alpha value is -1.67. The highest BCUT2D eigenvalue weighted by molar-refractivity contribution is 7.89. The van der Waals surface area contributed by atoms with Crippen molar-refractivity contribution >= 4 is 16.0 Å². The molecule has 0 atom stereocenters. The molecule has 0 bridgehead atoms. The molecule has 0 fully saturated rings. The quantitative estimate of drug-likeness (QED) is 0.805. The minimum atomic E-state index is -3.43. The van der Waals surface area contributed by atoms with Gasteiger partial charge in [-0.05, 0) is 18.6 Å². The van der Waals surface area contributed by atoms with Gasteiger partial charge in [-0.25, -0.2) is 17.5 Å². The van der Waals surface area contributed by atoms with Gasteiger partial charge in [-0.15, -0.1) is 0 Å². The fourth-order valence-corrected chi connectivity index (χ4v) is 2.29. The highest BCUT2D eigenvalue weighted by Gasteiger charge is 2.17. The second-order valence-electron chi connectivity index (χ2n) is 4.28. The summed E-state index contributed by atoms with van der Waals surface area (Å²) in [6.45, 7) is 1.44. The van der Waals surface area contributed by atoms with Crippen molar-refractivity contribution < 1.29 is 18.3 Å². The lowest BCUT2D eigenvalue weighted by Crippen LogP contribution is -2.32. The monoisotopic (exact) mass is 288 g/mol. The van der Waals surface area contributed by atoms with Crippen molar-refractivity contribution in [3.05, 3.63) is 33.7 Å². The third-order valence-corrected chi connectivity index (χ3v) is 4.55. The highest BCUT2D eigenvalue weighted by atomic mass is 32.2. The lowest BCUT2D eigenvalue weighted by Gasteiger charge is -2.12. The zero-order valence-electron chi connectivity index (χ0n) is 11.0. The summed E-state index contributed by atoms with van der Waals surface area (Å²) in [6.07, 6.45) is 1.40. The van der Waals surface area contributed by atoms with Crippen LogP contribution in [-0.2, 0) is 16.6 Å². The lowest BCUT2D eigenvalue weighted by atomic mass is 10.1. The van der Waals surface area contributed by atoms with E-state index in [4.69, 9.17) is 5.11 Å². The number of carboxylic acid groups (broad SMARTS) is 1. The van der Waals surface area contributed by atoms with Crippen LogP contribution in [0.4, 0.5) is 0 Å². The van der Waals surface area contributed by atoms with E-state index in [1.807, 2.05) is 0 Å². The molecule has 1 N–H and O–H groups in total. The Morgan fingerprint density at radius 3 is 2.47 bits per heavy atom. The maximum Gasteiger partial charge on any atom is 0.341 e. The van der Waals surface area contributed by atoms with E-state index in [1.165, 1.54) is 33.3 Å². The Balaban J connectivity index is 3.09. The van der Waals surface area contributed by atoms with Crippen LogP contribution in [0.15, 0.2) is 17.1 Å². The predicted octanol–water partition coefficient (Wildman–Crippen LogP) is -0.254. The van der Waals surface area contributed by atoms with Gasteiger partial charge < -0.3 is 9.67 Å². The number of sulfonamides is 1. The number of aromatic carboxylic acids is 1. The predicted molar refractivity (Wildman–Crippen MR) is 69.9 cm³/mol. The minimum Gasteiger partial charge on any atom is -0.477 e. The number of nitrogens with zero attached hydrogens (tertiary/aromatic N) is 2. The Kier molecular flexibility index (Phi) is 4.48. The van der Waals surface area contributed by atoms with E-state index in [2.05, 4.69) is 0 Å². The van der Waals surface area contributed by atoms with Gasteiger partial charge in [0.2, 0.25) is 10.0 Å². The number of aryl methyl sites for hydroxylation is 2. The van der Waals surface area contributed by atoms with Gasteiger partial charge in [0.15, 0.2) is 0 Å². The summed E-state index contributed by atoms with van der Waals surface area (Å²) in [5, 5.41) is 8.95. The SMILES string of the molecule is Cc1ccn(CCS(=O)(=O)N(C)C)c(=O)c1C(=O)O. The van der Waals surface area contributed by atoms with Gasteiger partial charge in [-0.1, -0.05) is 0 Å². The normalized spacial score (nSPS) is 11.8. The molecule has 1 rings (SSSR count). The Labute approximate surface area is 111 Å². The summed E-state index contributed by atoms with van der Waals surface area (Å²) >= 11 is 0. The van der Waals surface area contributed by atoms with Gasteiger partial charge in [-0.2, -0.15) is 0 Å². The van der Waals surface area contributed by atoms with E-state index in [0.717, 1.165) is 8.87 Å². The second kappa shape index (κ2) is 5.54. The number of hydrogen-bond acceptors (Lipinski definition) is 4. The van der Waals surface area contributed by atoms with Crippen molar-refractivity contribution in [1.29, 1.82) is 0 Å². The van der Waals surface area contributed by atoms with Gasteiger partial charge in [0.1, 0.15) is 5.56 Å². The molecule has 0 aromatic carbocycles. The van der Waals surface area contributed by atoms with Gasteiger partial charge in [0.05, 0.1) is 5.75 Å². The lowest BCUT2D eigenvalue weighted by molar-refractivity contribution is 0.0693. The van der Waals surface area contributed by atoms with E-state index in [-0.39, 0.29) is 17.9 Å². The molecule has 0 saturated heterocycles. The van der Waals surface area contributed by atoms with Gasteiger partial charge in [-0.3, -0.25) is 4.79 Å². The number of rotatable bonds is 5. The summed E-state index contributed by atoms with van der Waals surface area (Å²) in [5.41, 5.74) is -0.671. The summed E-state index contributed by atoms with van der Waals surface area (Å²) in [7, 11) is -0.633. The van der Waals surface area contributed by atoms with Crippen LogP contribution >= 0.6 is 0 Å². The van der Waals surface area contributed by atoms with Crippen LogP contribution in [-0.4, -0.2) is 48.2 Å². The molecule has 1 heterocycles. The first-order valence-electron chi connectivity index (χ1n) is 5.50. The van der Waals surface area contributed by atoms with E-state index < -0.39 is 21.6 Å². The Morgan fingerprint density at radius 2 is 2.00 bits per heavy atom. The van der Waals surface area contributed by atoms with Crippen molar-refractivity contribution in [2.45, 2.75) is 13.5 Å². The van der Waals surface area contributed by atoms with Crippen LogP contribution in [0.5, 0.6) is 0 Å². The molecule has 7 nitrogen and oxygen atoms in total. The van der Waals surface area contributed by atoms with Gasteiger partial charge in [0.25, 0.3) is 5.56 Å². The molecular formula is C11H16N2O5S. The molecule has 0 aliphatic rings. The van der Waals surface area contributed by atoms with Crippen molar-refractivity contribution in [3.63, 3.8) is 0 Å². The van der Waals surface area contributed by atoms with E-state index in [9.17, 15) is 18.0 Å². The summed E-state index contributed by atoms with van der Waals surface area (Å²) in [5.74, 6) is -1.57. The summed E-state index contributed by atoms with van der Waals surface area (Å²) < 4.78 is 25.3. The molecule has 19 heavy (non-hydrogen) atoms. The van der Waals surface area contributed by atoms with Crippen LogP contribution in [0, 0.1) is 6.92 Å². The van der Waals surface area contributed by atoms with E-state index >= 15 is 0 Å². The van der Waals surface area contributed by atoms with Crippen LogP contribution < -0.4 is 5.56 Å². The van der Waals surface area contributed by atoms with E-state index in [0.29, 0.717) is 5.56 Å².